The molecular formula is C18H22N2O4S. The van der Waals surface area contributed by atoms with Crippen LogP contribution < -0.4 is 5.32 Å². The van der Waals surface area contributed by atoms with Crippen molar-refractivity contribution in [3.8, 4) is 0 Å². The van der Waals surface area contributed by atoms with Crippen LogP contribution in [-0.2, 0) is 14.3 Å². The van der Waals surface area contributed by atoms with Crippen LogP contribution in [0.2, 0.25) is 0 Å². The minimum Gasteiger partial charge on any atom is -0.460 e. The first-order chi connectivity index (χ1) is 12.0. The largest absolute Gasteiger partial charge is 0.460 e. The Bertz CT molecular complexity index is 691. The van der Waals surface area contributed by atoms with Crippen molar-refractivity contribution in [1.82, 2.24) is 4.98 Å². The molecule has 4 aliphatic carbocycles. The second kappa shape index (κ2) is 6.20. The minimum absolute atomic E-state index is 0.0317. The van der Waals surface area contributed by atoms with E-state index >= 15 is 0 Å². The van der Waals surface area contributed by atoms with Gasteiger partial charge in [0.2, 0.25) is 5.91 Å². The summed E-state index contributed by atoms with van der Waals surface area (Å²) in [5.74, 6) is 0.425. The predicted molar refractivity (Wildman–Crippen MR) is 92.3 cm³/mol. The summed E-state index contributed by atoms with van der Waals surface area (Å²) in [6.45, 7) is 1.79. The Hall–Kier alpha value is -1.76. The number of nitrogens with zero attached hydrogens (tertiary/aromatic N) is 1. The number of hydrogen-bond donors (Lipinski definition) is 1. The maximum absolute atomic E-state index is 13.0. The van der Waals surface area contributed by atoms with Gasteiger partial charge in [-0.15, -0.1) is 11.3 Å². The average molecular weight is 362 g/mol. The van der Waals surface area contributed by atoms with Crippen LogP contribution in [0.4, 0.5) is 5.13 Å². The van der Waals surface area contributed by atoms with Crippen molar-refractivity contribution < 1.29 is 19.1 Å². The van der Waals surface area contributed by atoms with Crippen molar-refractivity contribution in [2.45, 2.75) is 45.4 Å². The molecule has 134 valence electrons. The zero-order chi connectivity index (χ0) is 17.6. The molecule has 6 nitrogen and oxygen atoms in total. The molecule has 7 heteroatoms. The SMILES string of the molecule is CCOC(=O)C(=O)c1csc(NC(=O)C23CC4CC(CC(C4)C2)C3)n1. The Morgan fingerprint density at radius 2 is 1.80 bits per heavy atom. The summed E-state index contributed by atoms with van der Waals surface area (Å²) in [6, 6.07) is 0. The lowest BCUT2D eigenvalue weighted by atomic mass is 9.49. The van der Waals surface area contributed by atoms with Crippen LogP contribution in [-0.4, -0.2) is 29.3 Å². The highest BCUT2D eigenvalue weighted by molar-refractivity contribution is 7.14. The molecule has 1 N–H and O–H groups in total. The highest BCUT2D eigenvalue weighted by Gasteiger charge is 2.54. The molecule has 1 aromatic heterocycles. The molecule has 4 aliphatic rings. The first-order valence-corrected chi connectivity index (χ1v) is 9.85. The highest BCUT2D eigenvalue weighted by Crippen LogP contribution is 2.60. The molecule has 0 spiro atoms. The second-order valence-electron chi connectivity index (χ2n) is 7.74. The van der Waals surface area contributed by atoms with E-state index in [4.69, 9.17) is 4.74 Å². The summed E-state index contributed by atoms with van der Waals surface area (Å²) in [5, 5.41) is 4.79. The van der Waals surface area contributed by atoms with E-state index in [0.29, 0.717) is 22.9 Å². The number of ketones is 1. The maximum atomic E-state index is 13.0. The van der Waals surface area contributed by atoms with Crippen LogP contribution in [0.1, 0.15) is 55.9 Å². The summed E-state index contributed by atoms with van der Waals surface area (Å²) >= 11 is 1.17. The monoisotopic (exact) mass is 362 g/mol. The van der Waals surface area contributed by atoms with Crippen molar-refractivity contribution >= 4 is 34.1 Å². The molecule has 4 saturated carbocycles. The van der Waals surface area contributed by atoms with Gasteiger partial charge in [-0.05, 0) is 63.2 Å². The fraction of sp³-hybridized carbons (Fsp3) is 0.667. The third-order valence-corrected chi connectivity index (χ3v) is 6.70. The predicted octanol–water partition coefficient (Wildman–Crippen LogP) is 3.04. The van der Waals surface area contributed by atoms with Gasteiger partial charge in [0.1, 0.15) is 5.69 Å². The van der Waals surface area contributed by atoms with Crippen molar-refractivity contribution in [2.24, 2.45) is 23.2 Å². The van der Waals surface area contributed by atoms with Gasteiger partial charge in [-0.1, -0.05) is 0 Å². The van der Waals surface area contributed by atoms with Gasteiger partial charge in [-0.2, -0.15) is 0 Å². The van der Waals surface area contributed by atoms with Crippen LogP contribution in [0, 0.1) is 23.2 Å². The zero-order valence-corrected chi connectivity index (χ0v) is 15.1. The number of aromatic nitrogens is 1. The number of thiazole rings is 1. The third kappa shape index (κ3) is 2.99. The third-order valence-electron chi connectivity index (χ3n) is 5.94. The number of hydrogen-bond acceptors (Lipinski definition) is 6. The summed E-state index contributed by atoms with van der Waals surface area (Å²) < 4.78 is 4.70. The zero-order valence-electron chi connectivity index (χ0n) is 14.2. The molecule has 0 aliphatic heterocycles. The lowest BCUT2D eigenvalue weighted by Gasteiger charge is -2.55. The number of carbonyl (C=O) groups excluding carboxylic acids is 3. The molecule has 4 fully saturated rings. The van der Waals surface area contributed by atoms with Crippen LogP contribution in [0.15, 0.2) is 5.38 Å². The highest BCUT2D eigenvalue weighted by atomic mass is 32.1. The summed E-state index contributed by atoms with van der Waals surface area (Å²) in [6.07, 6.45) is 6.77. The molecule has 0 atom stereocenters. The molecule has 4 bridgehead atoms. The van der Waals surface area contributed by atoms with Crippen molar-refractivity contribution in [3.63, 3.8) is 0 Å². The Morgan fingerprint density at radius 3 is 2.36 bits per heavy atom. The van der Waals surface area contributed by atoms with Gasteiger partial charge in [0.15, 0.2) is 5.13 Å². The van der Waals surface area contributed by atoms with Gasteiger partial charge in [0, 0.05) is 5.38 Å². The molecule has 0 radical (unpaired) electrons. The van der Waals surface area contributed by atoms with Crippen LogP contribution in [0.25, 0.3) is 0 Å². The molecule has 1 amide bonds. The number of rotatable bonds is 5. The molecule has 0 aromatic carbocycles. The maximum Gasteiger partial charge on any atom is 0.381 e. The number of carbonyl (C=O) groups is 3. The minimum atomic E-state index is -0.910. The first kappa shape index (κ1) is 16.7. The van der Waals surface area contributed by atoms with Gasteiger partial charge >= 0.3 is 5.97 Å². The van der Waals surface area contributed by atoms with Gasteiger partial charge in [0.25, 0.3) is 5.78 Å². The van der Waals surface area contributed by atoms with E-state index in [1.807, 2.05) is 0 Å². The van der Waals surface area contributed by atoms with Crippen molar-refractivity contribution in [3.05, 3.63) is 11.1 Å². The smallest absolute Gasteiger partial charge is 0.381 e. The normalized spacial score (nSPS) is 32.4. The Kier molecular flexibility index (Phi) is 4.14. The fourth-order valence-electron chi connectivity index (χ4n) is 5.36. The summed E-state index contributed by atoms with van der Waals surface area (Å²) in [7, 11) is 0. The molecule has 5 rings (SSSR count). The van der Waals surface area contributed by atoms with Gasteiger partial charge in [-0.25, -0.2) is 9.78 Å². The van der Waals surface area contributed by atoms with Crippen LogP contribution >= 0.6 is 11.3 Å². The molecule has 0 saturated heterocycles. The topological polar surface area (TPSA) is 85.4 Å². The fourth-order valence-corrected chi connectivity index (χ4v) is 6.04. The van der Waals surface area contributed by atoms with Gasteiger partial charge in [0.05, 0.1) is 12.0 Å². The molecule has 0 unspecified atom stereocenters. The molecule has 25 heavy (non-hydrogen) atoms. The lowest BCUT2D eigenvalue weighted by molar-refractivity contribution is -0.140. The second-order valence-corrected chi connectivity index (χ2v) is 8.60. The molecule has 1 heterocycles. The number of Topliss-reactive ketones (excluding diaryl/α,β-unsaturated/α-hetero) is 1. The van der Waals surface area contributed by atoms with Crippen LogP contribution in [0.5, 0.6) is 0 Å². The van der Waals surface area contributed by atoms with E-state index in [1.54, 1.807) is 6.92 Å². The van der Waals surface area contributed by atoms with Gasteiger partial charge in [-0.3, -0.25) is 9.59 Å². The van der Waals surface area contributed by atoms with E-state index in [2.05, 4.69) is 10.3 Å². The Balaban J connectivity index is 1.45. The number of anilines is 1. The van der Waals surface area contributed by atoms with Crippen molar-refractivity contribution in [1.29, 1.82) is 0 Å². The molecular weight excluding hydrogens is 340 g/mol. The van der Waals surface area contributed by atoms with E-state index in [-0.39, 0.29) is 23.6 Å². The molecule has 1 aromatic rings. The Labute approximate surface area is 150 Å². The van der Waals surface area contributed by atoms with Crippen LogP contribution in [0.3, 0.4) is 0 Å². The number of amides is 1. The Morgan fingerprint density at radius 1 is 1.20 bits per heavy atom. The van der Waals surface area contributed by atoms with Crippen molar-refractivity contribution in [2.75, 3.05) is 11.9 Å². The quantitative estimate of drug-likeness (QED) is 0.494. The van der Waals surface area contributed by atoms with E-state index in [1.165, 1.54) is 36.0 Å². The first-order valence-electron chi connectivity index (χ1n) is 8.97. The standard InChI is InChI=1S/C18H22N2O4S/c1-2-24-15(22)14(21)13-9-25-17(19-13)20-16(23)18-6-10-3-11(7-18)5-12(4-10)8-18/h9-12H,2-8H2,1H3,(H,19,20,23). The number of esters is 1. The van der Waals surface area contributed by atoms with E-state index in [9.17, 15) is 14.4 Å². The summed E-state index contributed by atoms with van der Waals surface area (Å²) in [5.41, 5.74) is -0.226. The lowest BCUT2D eigenvalue weighted by Crippen LogP contribution is -2.51. The number of ether oxygens (including phenoxy) is 1. The van der Waals surface area contributed by atoms with E-state index < -0.39 is 11.8 Å². The summed E-state index contributed by atoms with van der Waals surface area (Å²) in [4.78, 5) is 40.5. The van der Waals surface area contributed by atoms with E-state index in [0.717, 1.165) is 19.3 Å². The number of nitrogens with one attached hydrogen (secondary N) is 1. The average Bonchev–Trinajstić information content (AvgIpc) is 3.01. The van der Waals surface area contributed by atoms with Gasteiger partial charge < -0.3 is 10.1 Å².